The van der Waals surface area contributed by atoms with Crippen molar-refractivity contribution in [3.8, 4) is 0 Å². The van der Waals surface area contributed by atoms with Gasteiger partial charge < -0.3 is 15.4 Å². The van der Waals surface area contributed by atoms with Gasteiger partial charge in [-0.3, -0.25) is 9.69 Å². The van der Waals surface area contributed by atoms with Crippen molar-refractivity contribution in [1.82, 2.24) is 15.5 Å². The molecule has 2 unspecified atom stereocenters. The van der Waals surface area contributed by atoms with Gasteiger partial charge >= 0.3 is 6.18 Å². The zero-order valence-electron chi connectivity index (χ0n) is 14.9. The van der Waals surface area contributed by atoms with E-state index in [9.17, 15) is 18.0 Å². The predicted octanol–water partition coefficient (Wildman–Crippen LogP) is 2.07. The molecule has 1 saturated carbocycles. The van der Waals surface area contributed by atoms with E-state index in [2.05, 4.69) is 10.6 Å². The van der Waals surface area contributed by atoms with Crippen molar-refractivity contribution in [3.63, 3.8) is 0 Å². The Morgan fingerprint density at radius 1 is 1.20 bits per heavy atom. The number of carbonyl (C=O) groups excluding carboxylic acids is 1. The summed E-state index contributed by atoms with van der Waals surface area (Å²) >= 11 is 0. The van der Waals surface area contributed by atoms with E-state index in [-0.39, 0.29) is 6.10 Å². The minimum absolute atomic E-state index is 0.0369. The van der Waals surface area contributed by atoms with Gasteiger partial charge in [-0.05, 0) is 19.8 Å². The van der Waals surface area contributed by atoms with Crippen LogP contribution >= 0.6 is 0 Å². The maximum atomic E-state index is 13.3. The molecule has 0 aromatic heterocycles. The molecule has 8 heteroatoms. The van der Waals surface area contributed by atoms with E-state index in [0.717, 1.165) is 25.7 Å². The number of alkyl halides is 3. The van der Waals surface area contributed by atoms with Gasteiger partial charge in [0.25, 0.3) is 0 Å². The van der Waals surface area contributed by atoms with Gasteiger partial charge in [0.2, 0.25) is 5.91 Å². The van der Waals surface area contributed by atoms with Gasteiger partial charge in [0.1, 0.15) is 12.1 Å². The Morgan fingerprint density at radius 3 is 2.36 bits per heavy atom. The molecule has 0 spiro atoms. The molecule has 1 aliphatic heterocycles. The van der Waals surface area contributed by atoms with Crippen molar-refractivity contribution in [2.75, 3.05) is 32.7 Å². The van der Waals surface area contributed by atoms with Crippen LogP contribution in [0.3, 0.4) is 0 Å². The number of amides is 1. The van der Waals surface area contributed by atoms with Crippen LogP contribution < -0.4 is 10.6 Å². The van der Waals surface area contributed by atoms with Crippen molar-refractivity contribution in [2.45, 2.75) is 69.9 Å². The molecule has 25 heavy (non-hydrogen) atoms. The predicted molar refractivity (Wildman–Crippen MR) is 89.3 cm³/mol. The van der Waals surface area contributed by atoms with E-state index in [1.807, 2.05) is 0 Å². The van der Waals surface area contributed by atoms with E-state index in [4.69, 9.17) is 4.74 Å². The zero-order chi connectivity index (χ0) is 18.3. The first kappa shape index (κ1) is 20.5. The Balaban J connectivity index is 1.82. The number of hydrogen-bond donors (Lipinski definition) is 2. The highest BCUT2D eigenvalue weighted by molar-refractivity contribution is 5.80. The Hall–Kier alpha value is -0.860. The lowest BCUT2D eigenvalue weighted by molar-refractivity contribution is -0.184. The molecular weight excluding hydrogens is 335 g/mol. The topological polar surface area (TPSA) is 53.6 Å². The molecule has 1 heterocycles. The van der Waals surface area contributed by atoms with Gasteiger partial charge in [0.05, 0.1) is 6.10 Å². The average molecular weight is 365 g/mol. The first-order valence-electron chi connectivity index (χ1n) is 9.32. The normalized spacial score (nSPS) is 23.7. The smallest absolute Gasteiger partial charge is 0.365 e. The summed E-state index contributed by atoms with van der Waals surface area (Å²) < 4.78 is 45.8. The second-order valence-corrected chi connectivity index (χ2v) is 6.98. The van der Waals surface area contributed by atoms with Crippen LogP contribution in [0.25, 0.3) is 0 Å². The third kappa shape index (κ3) is 6.75. The first-order chi connectivity index (χ1) is 11.9. The summed E-state index contributed by atoms with van der Waals surface area (Å²) in [6.07, 6.45) is 1.31. The Morgan fingerprint density at radius 2 is 1.80 bits per heavy atom. The molecule has 2 rings (SSSR count). The van der Waals surface area contributed by atoms with Crippen LogP contribution in [0.1, 0.15) is 45.4 Å². The second-order valence-electron chi connectivity index (χ2n) is 6.98. The fraction of sp³-hybridized carbons (Fsp3) is 0.941. The number of rotatable bonds is 6. The molecule has 1 aliphatic carbocycles. The molecule has 2 fully saturated rings. The van der Waals surface area contributed by atoms with E-state index >= 15 is 0 Å². The largest absolute Gasteiger partial charge is 0.405 e. The van der Waals surface area contributed by atoms with E-state index in [1.54, 1.807) is 6.92 Å². The van der Waals surface area contributed by atoms with Gasteiger partial charge in [-0.2, -0.15) is 13.2 Å². The number of carbonyl (C=O) groups is 1. The van der Waals surface area contributed by atoms with Crippen LogP contribution in [0.2, 0.25) is 0 Å². The lowest BCUT2D eigenvalue weighted by Crippen LogP contribution is -2.58. The molecule has 1 amide bonds. The third-order valence-corrected chi connectivity index (χ3v) is 5.01. The Kier molecular flexibility index (Phi) is 7.96. The van der Waals surface area contributed by atoms with Crippen LogP contribution in [-0.2, 0) is 9.53 Å². The Bertz CT molecular complexity index is 406. The van der Waals surface area contributed by atoms with Crippen molar-refractivity contribution in [2.24, 2.45) is 0 Å². The molecule has 146 valence electrons. The van der Waals surface area contributed by atoms with Crippen molar-refractivity contribution < 1.29 is 22.7 Å². The standard InChI is InChI=1S/C17H30F3N3O2/c1-13(25-14-6-4-2-3-5-7-14)16(24)22-12-15(17(18,19)20)23-10-8-21-9-11-23/h13-15,21H,2-12H2,1H3,(H,22,24). The Labute approximate surface area is 147 Å². The number of ether oxygens (including phenoxy) is 1. The summed E-state index contributed by atoms with van der Waals surface area (Å²) in [5.41, 5.74) is 0. The fourth-order valence-electron chi connectivity index (χ4n) is 3.52. The fourth-order valence-corrected chi connectivity index (χ4v) is 3.52. The summed E-state index contributed by atoms with van der Waals surface area (Å²) in [6, 6.07) is -1.65. The highest BCUT2D eigenvalue weighted by Crippen LogP contribution is 2.25. The number of nitrogens with one attached hydrogen (secondary N) is 2. The summed E-state index contributed by atoms with van der Waals surface area (Å²) in [6.45, 7) is 2.90. The quantitative estimate of drug-likeness (QED) is 0.708. The van der Waals surface area contributed by atoms with E-state index in [0.29, 0.717) is 26.2 Å². The summed E-state index contributed by atoms with van der Waals surface area (Å²) in [5.74, 6) is -0.464. The molecule has 0 radical (unpaired) electrons. The van der Waals surface area contributed by atoms with Gasteiger partial charge in [-0.1, -0.05) is 25.7 Å². The van der Waals surface area contributed by atoms with E-state index in [1.165, 1.54) is 17.7 Å². The summed E-state index contributed by atoms with van der Waals surface area (Å²) in [7, 11) is 0. The molecule has 2 atom stereocenters. The molecule has 5 nitrogen and oxygen atoms in total. The minimum atomic E-state index is -4.37. The molecule has 0 bridgehead atoms. The van der Waals surface area contributed by atoms with Gasteiger partial charge in [-0.15, -0.1) is 0 Å². The lowest BCUT2D eigenvalue weighted by atomic mass is 10.1. The van der Waals surface area contributed by atoms with Crippen molar-refractivity contribution in [1.29, 1.82) is 0 Å². The van der Waals surface area contributed by atoms with Gasteiger partial charge in [-0.25, -0.2) is 0 Å². The molecule has 2 N–H and O–H groups in total. The minimum Gasteiger partial charge on any atom is -0.365 e. The van der Waals surface area contributed by atoms with Crippen molar-refractivity contribution >= 4 is 5.91 Å². The average Bonchev–Trinajstić information content (AvgIpc) is 2.83. The highest BCUT2D eigenvalue weighted by Gasteiger charge is 2.44. The van der Waals surface area contributed by atoms with Crippen molar-refractivity contribution in [3.05, 3.63) is 0 Å². The monoisotopic (exact) mass is 365 g/mol. The number of hydrogen-bond acceptors (Lipinski definition) is 4. The highest BCUT2D eigenvalue weighted by atomic mass is 19.4. The molecule has 1 saturated heterocycles. The molecule has 0 aromatic rings. The third-order valence-electron chi connectivity index (χ3n) is 5.01. The number of halogens is 3. The van der Waals surface area contributed by atoms with E-state index < -0.39 is 30.8 Å². The lowest BCUT2D eigenvalue weighted by Gasteiger charge is -2.36. The number of piperazine rings is 1. The molecule has 2 aliphatic rings. The number of nitrogens with zero attached hydrogens (tertiary/aromatic N) is 1. The van der Waals surface area contributed by atoms with Crippen LogP contribution in [-0.4, -0.2) is 68.0 Å². The summed E-state index contributed by atoms with van der Waals surface area (Å²) in [4.78, 5) is 13.6. The summed E-state index contributed by atoms with van der Waals surface area (Å²) in [5, 5.41) is 5.48. The maximum Gasteiger partial charge on any atom is 0.405 e. The van der Waals surface area contributed by atoms with Crippen LogP contribution in [0, 0.1) is 0 Å². The molecule has 0 aromatic carbocycles. The first-order valence-corrected chi connectivity index (χ1v) is 9.32. The van der Waals surface area contributed by atoms with Crippen LogP contribution in [0.15, 0.2) is 0 Å². The maximum absolute atomic E-state index is 13.3. The zero-order valence-corrected chi connectivity index (χ0v) is 14.9. The SMILES string of the molecule is CC(OC1CCCCCC1)C(=O)NCC(N1CCNCC1)C(F)(F)F. The van der Waals surface area contributed by atoms with Gasteiger partial charge in [0, 0.05) is 32.7 Å². The van der Waals surface area contributed by atoms with Crippen LogP contribution in [0.5, 0.6) is 0 Å². The van der Waals surface area contributed by atoms with Gasteiger partial charge in [0.15, 0.2) is 0 Å². The molecular formula is C17H30F3N3O2. The van der Waals surface area contributed by atoms with Crippen LogP contribution in [0.4, 0.5) is 13.2 Å². The second kappa shape index (κ2) is 9.73.